The van der Waals surface area contributed by atoms with E-state index in [-0.39, 0.29) is 0 Å². The van der Waals surface area contributed by atoms with Gasteiger partial charge < -0.3 is 5.43 Å². The molecule has 0 radical (unpaired) electrons. The molecule has 0 atom stereocenters. The minimum absolute atomic E-state index is 0.718. The smallest absolute Gasteiger partial charge is 0.159 e. The zero-order valence-corrected chi connectivity index (χ0v) is 11.5. The van der Waals surface area contributed by atoms with Gasteiger partial charge in [-0.1, -0.05) is 36.4 Å². The molecule has 3 aromatic rings. The van der Waals surface area contributed by atoms with Gasteiger partial charge >= 0.3 is 0 Å². The lowest BCUT2D eigenvalue weighted by molar-refractivity contribution is 0.801. The van der Waals surface area contributed by atoms with Crippen molar-refractivity contribution in [3.63, 3.8) is 0 Å². The summed E-state index contributed by atoms with van der Waals surface area (Å²) in [6.45, 7) is 0.718. The van der Waals surface area contributed by atoms with Gasteiger partial charge in [0.05, 0.1) is 0 Å². The van der Waals surface area contributed by atoms with Crippen molar-refractivity contribution in [1.82, 2.24) is 15.4 Å². The van der Waals surface area contributed by atoms with Crippen LogP contribution in [0.2, 0.25) is 0 Å². The summed E-state index contributed by atoms with van der Waals surface area (Å²) in [6, 6.07) is 20.0. The number of nitrogens with zero attached hydrogens (tertiary/aromatic N) is 2. The number of para-hydroxylation sites is 1. The van der Waals surface area contributed by atoms with Gasteiger partial charge in [0.2, 0.25) is 0 Å². The molecule has 0 aliphatic heterocycles. The van der Waals surface area contributed by atoms with Crippen molar-refractivity contribution >= 4 is 5.69 Å². The first-order valence-electron chi connectivity index (χ1n) is 6.82. The molecule has 0 amide bonds. The molecule has 1 heterocycles. The topological polar surface area (TPSA) is 49.8 Å². The third kappa shape index (κ3) is 3.64. The molecular weight excluding hydrogens is 260 g/mol. The van der Waals surface area contributed by atoms with Gasteiger partial charge in [0.15, 0.2) is 5.82 Å². The first-order chi connectivity index (χ1) is 10.4. The van der Waals surface area contributed by atoms with Crippen LogP contribution in [0.4, 0.5) is 5.69 Å². The lowest BCUT2D eigenvalue weighted by Crippen LogP contribution is -2.20. The Labute approximate surface area is 123 Å². The van der Waals surface area contributed by atoms with Crippen LogP contribution in [0.1, 0.15) is 5.56 Å². The maximum atomic E-state index is 4.27. The van der Waals surface area contributed by atoms with Crippen LogP contribution in [0.25, 0.3) is 11.4 Å². The van der Waals surface area contributed by atoms with Crippen LogP contribution in [0.5, 0.6) is 0 Å². The molecule has 0 aliphatic carbocycles. The molecule has 4 heteroatoms. The quantitative estimate of drug-likeness (QED) is 0.702. The highest BCUT2D eigenvalue weighted by molar-refractivity contribution is 5.55. The predicted octanol–water partition coefficient (Wildman–Crippen LogP) is 3.26. The number of anilines is 1. The van der Waals surface area contributed by atoms with Crippen LogP contribution < -0.4 is 10.9 Å². The van der Waals surface area contributed by atoms with E-state index in [1.807, 2.05) is 48.5 Å². The van der Waals surface area contributed by atoms with Gasteiger partial charge in [-0.15, -0.1) is 0 Å². The van der Waals surface area contributed by atoms with Gasteiger partial charge in [-0.05, 0) is 29.8 Å². The molecule has 3 rings (SSSR count). The lowest BCUT2D eigenvalue weighted by atomic mass is 10.1. The standard InChI is InChI=1S/C17H16N4/c1-2-8-16(9-3-1)21-20-13-14-6-4-7-15(12-14)17-18-10-5-11-19-17/h1-12,20-21H,13H2. The van der Waals surface area contributed by atoms with Crippen LogP contribution in [-0.2, 0) is 6.54 Å². The average molecular weight is 276 g/mol. The maximum Gasteiger partial charge on any atom is 0.159 e. The zero-order chi connectivity index (χ0) is 14.3. The molecule has 4 nitrogen and oxygen atoms in total. The Morgan fingerprint density at radius 3 is 2.43 bits per heavy atom. The van der Waals surface area contributed by atoms with Crippen LogP contribution >= 0.6 is 0 Å². The molecule has 0 saturated carbocycles. The van der Waals surface area contributed by atoms with Crippen molar-refractivity contribution in [2.24, 2.45) is 0 Å². The Morgan fingerprint density at radius 1 is 0.810 bits per heavy atom. The van der Waals surface area contributed by atoms with Gasteiger partial charge in [0.1, 0.15) is 0 Å². The fraction of sp³-hybridized carbons (Fsp3) is 0.0588. The van der Waals surface area contributed by atoms with Crippen molar-refractivity contribution in [2.45, 2.75) is 6.54 Å². The normalized spacial score (nSPS) is 10.3. The summed E-state index contributed by atoms with van der Waals surface area (Å²) in [5, 5.41) is 0. The monoisotopic (exact) mass is 276 g/mol. The molecule has 0 unspecified atom stereocenters. The van der Waals surface area contributed by atoms with E-state index in [0.717, 1.165) is 23.6 Å². The maximum absolute atomic E-state index is 4.27. The Hall–Kier alpha value is -2.72. The number of hydrazine groups is 1. The number of hydrogen-bond donors (Lipinski definition) is 2. The van der Waals surface area contributed by atoms with Crippen molar-refractivity contribution in [3.05, 3.63) is 78.6 Å². The van der Waals surface area contributed by atoms with Gasteiger partial charge in [0.25, 0.3) is 0 Å². The summed E-state index contributed by atoms with van der Waals surface area (Å²) < 4.78 is 0. The lowest BCUT2D eigenvalue weighted by Gasteiger charge is -2.09. The molecule has 0 spiro atoms. The fourth-order valence-corrected chi connectivity index (χ4v) is 2.04. The molecule has 0 aliphatic rings. The number of nitrogens with one attached hydrogen (secondary N) is 2. The molecule has 104 valence electrons. The molecule has 2 N–H and O–H groups in total. The van der Waals surface area contributed by atoms with Crippen LogP contribution in [-0.4, -0.2) is 9.97 Å². The van der Waals surface area contributed by atoms with Gasteiger partial charge in [-0.2, -0.15) is 0 Å². The number of aromatic nitrogens is 2. The third-order valence-electron chi connectivity index (χ3n) is 3.05. The molecule has 1 aromatic heterocycles. The van der Waals surface area contributed by atoms with Crippen molar-refractivity contribution in [1.29, 1.82) is 0 Å². The van der Waals surface area contributed by atoms with Crippen LogP contribution in [0.15, 0.2) is 73.1 Å². The molecule has 0 fully saturated rings. The van der Waals surface area contributed by atoms with Gasteiger partial charge in [0, 0.05) is 30.2 Å². The summed E-state index contributed by atoms with van der Waals surface area (Å²) in [6.07, 6.45) is 3.51. The van der Waals surface area contributed by atoms with E-state index in [2.05, 4.69) is 33.0 Å². The SMILES string of the molecule is c1ccc(NNCc2cccc(-c3ncccn3)c2)cc1. The summed E-state index contributed by atoms with van der Waals surface area (Å²) in [7, 11) is 0. The Morgan fingerprint density at radius 2 is 1.62 bits per heavy atom. The first-order valence-corrected chi connectivity index (χ1v) is 6.82. The number of hydrogen-bond acceptors (Lipinski definition) is 4. The second-order valence-electron chi connectivity index (χ2n) is 4.62. The third-order valence-corrected chi connectivity index (χ3v) is 3.05. The minimum atomic E-state index is 0.718. The zero-order valence-electron chi connectivity index (χ0n) is 11.5. The largest absolute Gasteiger partial charge is 0.321 e. The molecule has 2 aromatic carbocycles. The van der Waals surface area contributed by atoms with Crippen molar-refractivity contribution in [3.8, 4) is 11.4 Å². The van der Waals surface area contributed by atoms with E-state index in [1.54, 1.807) is 12.4 Å². The Kier molecular flexibility index (Phi) is 4.19. The summed E-state index contributed by atoms with van der Waals surface area (Å²) in [5.74, 6) is 0.746. The Balaban J connectivity index is 1.64. The van der Waals surface area contributed by atoms with Gasteiger partial charge in [-0.3, -0.25) is 0 Å². The fourth-order valence-electron chi connectivity index (χ4n) is 2.04. The molecule has 0 bridgehead atoms. The summed E-state index contributed by atoms with van der Waals surface area (Å²) in [5.41, 5.74) is 9.61. The molecule has 0 saturated heterocycles. The van der Waals surface area contributed by atoms with E-state index >= 15 is 0 Å². The summed E-state index contributed by atoms with van der Waals surface area (Å²) >= 11 is 0. The first kappa shape index (κ1) is 13.3. The molecular formula is C17H16N4. The van der Waals surface area contributed by atoms with E-state index in [4.69, 9.17) is 0 Å². The van der Waals surface area contributed by atoms with E-state index in [9.17, 15) is 0 Å². The second kappa shape index (κ2) is 6.63. The van der Waals surface area contributed by atoms with E-state index < -0.39 is 0 Å². The van der Waals surface area contributed by atoms with Gasteiger partial charge in [-0.25, -0.2) is 15.4 Å². The Bertz CT molecular complexity index is 683. The van der Waals surface area contributed by atoms with Crippen LogP contribution in [0.3, 0.4) is 0 Å². The molecule has 21 heavy (non-hydrogen) atoms. The van der Waals surface area contributed by atoms with Crippen LogP contribution in [0, 0.1) is 0 Å². The predicted molar refractivity (Wildman–Crippen MR) is 84.4 cm³/mol. The van der Waals surface area contributed by atoms with E-state index in [1.165, 1.54) is 5.56 Å². The van der Waals surface area contributed by atoms with E-state index in [0.29, 0.717) is 0 Å². The summed E-state index contributed by atoms with van der Waals surface area (Å²) in [4.78, 5) is 8.54. The number of rotatable bonds is 5. The number of benzene rings is 2. The minimum Gasteiger partial charge on any atom is -0.321 e. The average Bonchev–Trinajstić information content (AvgIpc) is 2.57. The highest BCUT2D eigenvalue weighted by atomic mass is 15.3. The van der Waals surface area contributed by atoms with Crippen molar-refractivity contribution in [2.75, 3.05) is 5.43 Å². The highest BCUT2D eigenvalue weighted by Gasteiger charge is 2.01. The van der Waals surface area contributed by atoms with Crippen molar-refractivity contribution < 1.29 is 0 Å². The second-order valence-corrected chi connectivity index (χ2v) is 4.62. The highest BCUT2D eigenvalue weighted by Crippen LogP contribution is 2.15.